The molecular formula is C24H28N4O2S. The SMILES string of the molecule is COC(C)(C)C#Cc1cc2ncn(-c3ccc(N4CCCN(C)CC4)cc3)c(=O)c2s1. The van der Waals surface area contributed by atoms with Crippen molar-refractivity contribution in [3.8, 4) is 17.5 Å². The van der Waals surface area contributed by atoms with Crippen molar-refractivity contribution in [1.29, 1.82) is 0 Å². The summed E-state index contributed by atoms with van der Waals surface area (Å²) in [6.45, 7) is 8.08. The molecule has 3 aromatic rings. The number of thiophene rings is 1. The lowest BCUT2D eigenvalue weighted by molar-refractivity contribution is 0.0742. The summed E-state index contributed by atoms with van der Waals surface area (Å²) in [6.07, 6.45) is 2.76. The van der Waals surface area contributed by atoms with E-state index in [9.17, 15) is 4.79 Å². The predicted molar refractivity (Wildman–Crippen MR) is 128 cm³/mol. The molecule has 3 heterocycles. The molecule has 1 saturated heterocycles. The molecular weight excluding hydrogens is 408 g/mol. The topological polar surface area (TPSA) is 50.6 Å². The van der Waals surface area contributed by atoms with Gasteiger partial charge >= 0.3 is 0 Å². The van der Waals surface area contributed by atoms with Gasteiger partial charge in [0.1, 0.15) is 16.6 Å². The third kappa shape index (κ3) is 4.82. The molecule has 4 rings (SSSR count). The summed E-state index contributed by atoms with van der Waals surface area (Å²) in [7, 11) is 3.80. The van der Waals surface area contributed by atoms with Gasteiger partial charge in [0.25, 0.3) is 5.56 Å². The molecule has 1 aliphatic rings. The second-order valence-electron chi connectivity index (χ2n) is 8.37. The second-order valence-corrected chi connectivity index (χ2v) is 9.42. The lowest BCUT2D eigenvalue weighted by atomic mass is 10.1. The van der Waals surface area contributed by atoms with Crippen LogP contribution in [0.15, 0.2) is 41.5 Å². The number of ether oxygens (including phenoxy) is 1. The van der Waals surface area contributed by atoms with Crippen LogP contribution < -0.4 is 10.5 Å². The van der Waals surface area contributed by atoms with Gasteiger partial charge in [0.05, 0.1) is 16.1 Å². The summed E-state index contributed by atoms with van der Waals surface area (Å²) in [5, 5.41) is 0. The van der Waals surface area contributed by atoms with Gasteiger partial charge in [0.2, 0.25) is 0 Å². The summed E-state index contributed by atoms with van der Waals surface area (Å²) < 4.78 is 7.56. The van der Waals surface area contributed by atoms with Crippen molar-refractivity contribution in [3.05, 3.63) is 51.9 Å². The number of aromatic nitrogens is 2. The Hall–Kier alpha value is -2.66. The van der Waals surface area contributed by atoms with Crippen LogP contribution in [0.4, 0.5) is 5.69 Å². The number of likely N-dealkylation sites (N-methyl/N-ethyl adjacent to an activating group) is 1. The molecule has 1 fully saturated rings. The molecule has 0 amide bonds. The Morgan fingerprint density at radius 1 is 1.10 bits per heavy atom. The van der Waals surface area contributed by atoms with Crippen LogP contribution in [0.2, 0.25) is 0 Å². The zero-order chi connectivity index (χ0) is 22.0. The number of hydrogen-bond acceptors (Lipinski definition) is 6. The van der Waals surface area contributed by atoms with E-state index >= 15 is 0 Å². The average molecular weight is 437 g/mol. The molecule has 0 saturated carbocycles. The van der Waals surface area contributed by atoms with Crippen molar-refractivity contribution < 1.29 is 4.74 Å². The highest BCUT2D eigenvalue weighted by atomic mass is 32.1. The molecule has 31 heavy (non-hydrogen) atoms. The van der Waals surface area contributed by atoms with Crippen LogP contribution in [0, 0.1) is 11.8 Å². The van der Waals surface area contributed by atoms with Crippen LogP contribution in [0.1, 0.15) is 25.1 Å². The first-order valence-corrected chi connectivity index (χ1v) is 11.3. The van der Waals surface area contributed by atoms with Gasteiger partial charge in [-0.05, 0) is 64.2 Å². The molecule has 0 radical (unpaired) electrons. The highest BCUT2D eigenvalue weighted by molar-refractivity contribution is 7.19. The van der Waals surface area contributed by atoms with E-state index in [0.717, 1.165) is 43.2 Å². The summed E-state index contributed by atoms with van der Waals surface area (Å²) >= 11 is 1.37. The van der Waals surface area contributed by atoms with Crippen LogP contribution >= 0.6 is 11.3 Å². The molecule has 6 nitrogen and oxygen atoms in total. The van der Waals surface area contributed by atoms with E-state index in [2.05, 4.69) is 45.8 Å². The number of hydrogen-bond donors (Lipinski definition) is 0. The van der Waals surface area contributed by atoms with Crippen LogP contribution in [-0.4, -0.2) is 60.4 Å². The highest BCUT2D eigenvalue weighted by Crippen LogP contribution is 2.22. The molecule has 0 aliphatic carbocycles. The van der Waals surface area contributed by atoms with Gasteiger partial charge in [-0.2, -0.15) is 0 Å². The fourth-order valence-corrected chi connectivity index (χ4v) is 4.44. The summed E-state index contributed by atoms with van der Waals surface area (Å²) in [5.41, 5.74) is 2.08. The number of anilines is 1. The fourth-order valence-electron chi connectivity index (χ4n) is 3.55. The predicted octanol–water partition coefficient (Wildman–Crippen LogP) is 3.37. The van der Waals surface area contributed by atoms with Crippen LogP contribution in [0.3, 0.4) is 0 Å². The van der Waals surface area contributed by atoms with Crippen molar-refractivity contribution >= 4 is 27.2 Å². The smallest absolute Gasteiger partial charge is 0.275 e. The molecule has 162 valence electrons. The van der Waals surface area contributed by atoms with Crippen molar-refractivity contribution in [2.75, 3.05) is 45.2 Å². The summed E-state index contributed by atoms with van der Waals surface area (Å²) in [5.74, 6) is 6.20. The summed E-state index contributed by atoms with van der Waals surface area (Å²) in [4.78, 5) is 23.2. The first-order valence-electron chi connectivity index (χ1n) is 10.5. The lowest BCUT2D eigenvalue weighted by Crippen LogP contribution is -2.28. The molecule has 0 N–H and O–H groups in total. The Balaban J connectivity index is 1.61. The minimum absolute atomic E-state index is 0.0711. The van der Waals surface area contributed by atoms with Crippen molar-refractivity contribution in [1.82, 2.24) is 14.5 Å². The van der Waals surface area contributed by atoms with Crippen LogP contribution in [0.5, 0.6) is 0 Å². The van der Waals surface area contributed by atoms with E-state index in [4.69, 9.17) is 4.74 Å². The normalized spacial score (nSPS) is 15.5. The van der Waals surface area contributed by atoms with Gasteiger partial charge < -0.3 is 14.5 Å². The maximum atomic E-state index is 13.1. The molecule has 2 aromatic heterocycles. The molecule has 0 unspecified atom stereocenters. The van der Waals surface area contributed by atoms with Gasteiger partial charge in [-0.1, -0.05) is 11.8 Å². The first-order chi connectivity index (χ1) is 14.9. The summed E-state index contributed by atoms with van der Waals surface area (Å²) in [6, 6.07) is 10.0. The van der Waals surface area contributed by atoms with Gasteiger partial charge in [-0.15, -0.1) is 11.3 Å². The van der Waals surface area contributed by atoms with Crippen molar-refractivity contribution in [2.45, 2.75) is 25.9 Å². The quantitative estimate of drug-likeness (QED) is 0.590. The Morgan fingerprint density at radius 3 is 2.58 bits per heavy atom. The van der Waals surface area contributed by atoms with Gasteiger partial charge in [0.15, 0.2) is 0 Å². The van der Waals surface area contributed by atoms with Gasteiger partial charge in [-0.25, -0.2) is 4.98 Å². The molecule has 0 spiro atoms. The lowest BCUT2D eigenvalue weighted by Gasteiger charge is -2.23. The maximum absolute atomic E-state index is 13.1. The Bertz CT molecular complexity index is 1180. The minimum Gasteiger partial charge on any atom is -0.370 e. The van der Waals surface area contributed by atoms with Crippen LogP contribution in [-0.2, 0) is 4.74 Å². The van der Waals surface area contributed by atoms with Gasteiger partial charge in [0, 0.05) is 32.4 Å². The first kappa shape index (κ1) is 21.6. The number of fused-ring (bicyclic) bond motifs is 1. The van der Waals surface area contributed by atoms with Gasteiger partial charge in [-0.3, -0.25) is 9.36 Å². The van der Waals surface area contributed by atoms with E-state index in [1.54, 1.807) is 18.0 Å². The van der Waals surface area contributed by atoms with Crippen molar-refractivity contribution in [3.63, 3.8) is 0 Å². The number of methoxy groups -OCH3 is 1. The molecule has 7 heteroatoms. The van der Waals surface area contributed by atoms with E-state index in [1.165, 1.54) is 17.0 Å². The molecule has 0 bridgehead atoms. The van der Waals surface area contributed by atoms with E-state index < -0.39 is 5.60 Å². The van der Waals surface area contributed by atoms with Crippen LogP contribution in [0.25, 0.3) is 15.9 Å². The zero-order valence-electron chi connectivity index (χ0n) is 18.5. The Labute approximate surface area is 187 Å². The largest absolute Gasteiger partial charge is 0.370 e. The van der Waals surface area contributed by atoms with E-state index in [0.29, 0.717) is 10.2 Å². The minimum atomic E-state index is -0.533. The highest BCUT2D eigenvalue weighted by Gasteiger charge is 2.15. The number of benzene rings is 1. The molecule has 1 aromatic carbocycles. The Morgan fingerprint density at radius 2 is 1.84 bits per heavy atom. The third-order valence-corrected chi connectivity index (χ3v) is 6.68. The monoisotopic (exact) mass is 436 g/mol. The number of nitrogens with zero attached hydrogens (tertiary/aromatic N) is 4. The number of rotatable bonds is 3. The zero-order valence-corrected chi connectivity index (χ0v) is 19.3. The van der Waals surface area contributed by atoms with Crippen molar-refractivity contribution in [2.24, 2.45) is 0 Å². The van der Waals surface area contributed by atoms with E-state index in [-0.39, 0.29) is 5.56 Å². The second kappa shape index (κ2) is 8.83. The Kier molecular flexibility index (Phi) is 6.15. The standard InChI is InChI=1S/C24H28N4O2S/c1-24(2,30-4)11-10-20-16-21-22(31-20)23(29)28(17-25-21)19-8-6-18(7-9-19)27-13-5-12-26(3)14-15-27/h6-9,16-17H,5,12-15H2,1-4H3. The fraction of sp³-hybridized carbons (Fsp3) is 0.417. The molecule has 1 aliphatic heterocycles. The third-order valence-electron chi connectivity index (χ3n) is 5.65. The maximum Gasteiger partial charge on any atom is 0.275 e. The molecule has 0 atom stereocenters. The van der Waals surface area contributed by atoms with E-state index in [1.807, 2.05) is 32.0 Å². The average Bonchev–Trinajstić information content (AvgIpc) is 3.07.